The summed E-state index contributed by atoms with van der Waals surface area (Å²) in [5.41, 5.74) is 0. The molecule has 0 aromatic heterocycles. The van der Waals surface area contributed by atoms with E-state index in [-0.39, 0.29) is 18.6 Å². The van der Waals surface area contributed by atoms with E-state index in [0.29, 0.717) is 12.3 Å². The number of nitrogens with one attached hydrogen (secondary N) is 2. The van der Waals surface area contributed by atoms with E-state index in [1.807, 2.05) is 0 Å². The Morgan fingerprint density at radius 2 is 2.11 bits per heavy atom. The Balaban J connectivity index is 2.26. The topological polar surface area (TPSA) is 78.4 Å². The molecule has 0 radical (unpaired) electrons. The lowest BCUT2D eigenvalue weighted by Crippen LogP contribution is -2.45. The molecule has 1 fully saturated rings. The van der Waals surface area contributed by atoms with Crippen LogP contribution in [0.5, 0.6) is 0 Å². The van der Waals surface area contributed by atoms with E-state index in [4.69, 9.17) is 5.11 Å². The highest BCUT2D eigenvalue weighted by Gasteiger charge is 2.21. The lowest BCUT2D eigenvalue weighted by molar-refractivity contribution is -0.141. The summed E-state index contributed by atoms with van der Waals surface area (Å²) in [7, 11) is 0. The molecular formula is C13H24N2O3. The zero-order valence-electron chi connectivity index (χ0n) is 11.2. The van der Waals surface area contributed by atoms with Crippen LogP contribution < -0.4 is 10.6 Å². The molecule has 0 saturated heterocycles. The molecule has 0 bridgehead atoms. The highest BCUT2D eigenvalue weighted by atomic mass is 16.4. The van der Waals surface area contributed by atoms with Crippen LogP contribution in [0.25, 0.3) is 0 Å². The Kier molecular flexibility index (Phi) is 5.95. The number of rotatable bonds is 5. The lowest BCUT2D eigenvalue weighted by atomic mass is 9.87. The third-order valence-electron chi connectivity index (χ3n) is 3.62. The molecule has 0 aromatic carbocycles. The van der Waals surface area contributed by atoms with Gasteiger partial charge in [0, 0.05) is 12.6 Å². The Morgan fingerprint density at radius 1 is 1.39 bits per heavy atom. The predicted molar refractivity (Wildman–Crippen MR) is 69.4 cm³/mol. The molecule has 0 heterocycles. The quantitative estimate of drug-likeness (QED) is 0.703. The molecule has 5 heteroatoms. The molecule has 1 aliphatic carbocycles. The van der Waals surface area contributed by atoms with E-state index in [2.05, 4.69) is 17.6 Å². The van der Waals surface area contributed by atoms with Gasteiger partial charge in [0.1, 0.15) is 0 Å². The molecule has 5 nitrogen and oxygen atoms in total. The van der Waals surface area contributed by atoms with Crippen LogP contribution in [-0.4, -0.2) is 29.7 Å². The van der Waals surface area contributed by atoms with Crippen LogP contribution >= 0.6 is 0 Å². The van der Waals surface area contributed by atoms with E-state index in [9.17, 15) is 9.59 Å². The molecule has 1 aliphatic rings. The fourth-order valence-electron chi connectivity index (χ4n) is 2.42. The highest BCUT2D eigenvalue weighted by molar-refractivity contribution is 5.76. The third-order valence-corrected chi connectivity index (χ3v) is 3.62. The van der Waals surface area contributed by atoms with Crippen molar-refractivity contribution < 1.29 is 14.7 Å². The number of hydrogen-bond acceptors (Lipinski definition) is 2. The summed E-state index contributed by atoms with van der Waals surface area (Å²) in [6.45, 7) is 4.20. The summed E-state index contributed by atoms with van der Waals surface area (Å²) in [5.74, 6) is -0.698. The molecule has 0 aromatic rings. The Bertz CT molecular complexity index is 294. The summed E-state index contributed by atoms with van der Waals surface area (Å²) >= 11 is 0. The third kappa shape index (κ3) is 4.94. The van der Waals surface area contributed by atoms with Gasteiger partial charge >= 0.3 is 12.0 Å². The van der Waals surface area contributed by atoms with Gasteiger partial charge in [-0.15, -0.1) is 0 Å². The van der Waals surface area contributed by atoms with Gasteiger partial charge in [-0.25, -0.2) is 4.79 Å². The van der Waals surface area contributed by atoms with E-state index in [1.54, 1.807) is 6.92 Å². The first-order chi connectivity index (χ1) is 8.52. The fraction of sp³-hybridized carbons (Fsp3) is 0.846. The SMILES string of the molecule is CCC(CNC(=O)NC1CCCC(C)C1)C(=O)O. The lowest BCUT2D eigenvalue weighted by Gasteiger charge is -2.27. The largest absolute Gasteiger partial charge is 0.481 e. The van der Waals surface area contributed by atoms with Gasteiger partial charge in [0.25, 0.3) is 0 Å². The minimum absolute atomic E-state index is 0.194. The zero-order chi connectivity index (χ0) is 13.5. The van der Waals surface area contributed by atoms with Crippen LogP contribution in [0, 0.1) is 11.8 Å². The fourth-order valence-corrected chi connectivity index (χ4v) is 2.42. The molecule has 3 atom stereocenters. The second-order valence-corrected chi connectivity index (χ2v) is 5.27. The van der Waals surface area contributed by atoms with Crippen LogP contribution in [0.15, 0.2) is 0 Å². The van der Waals surface area contributed by atoms with Crippen molar-refractivity contribution in [2.24, 2.45) is 11.8 Å². The van der Waals surface area contributed by atoms with Gasteiger partial charge in [-0.2, -0.15) is 0 Å². The van der Waals surface area contributed by atoms with Gasteiger partial charge in [0.2, 0.25) is 0 Å². The standard InChI is InChI=1S/C13H24N2O3/c1-3-10(12(16)17)8-14-13(18)15-11-6-4-5-9(2)7-11/h9-11H,3-8H2,1-2H3,(H,16,17)(H2,14,15,18). The van der Waals surface area contributed by atoms with E-state index in [0.717, 1.165) is 19.3 Å². The van der Waals surface area contributed by atoms with Gasteiger partial charge in [-0.05, 0) is 25.2 Å². The molecule has 18 heavy (non-hydrogen) atoms. The molecule has 1 rings (SSSR count). The maximum atomic E-state index is 11.6. The highest BCUT2D eigenvalue weighted by Crippen LogP contribution is 2.23. The maximum absolute atomic E-state index is 11.6. The maximum Gasteiger partial charge on any atom is 0.315 e. The second-order valence-electron chi connectivity index (χ2n) is 5.27. The molecule has 0 aliphatic heterocycles. The van der Waals surface area contributed by atoms with Crippen LogP contribution in [0.3, 0.4) is 0 Å². The van der Waals surface area contributed by atoms with Crippen LogP contribution in [0.4, 0.5) is 4.79 Å². The van der Waals surface area contributed by atoms with Gasteiger partial charge < -0.3 is 15.7 Å². The van der Waals surface area contributed by atoms with Gasteiger partial charge in [0.05, 0.1) is 5.92 Å². The van der Waals surface area contributed by atoms with Crippen molar-refractivity contribution in [2.75, 3.05) is 6.54 Å². The van der Waals surface area contributed by atoms with Gasteiger partial charge in [-0.1, -0.05) is 26.7 Å². The average Bonchev–Trinajstić information content (AvgIpc) is 2.29. The number of carboxylic acid groups (broad SMARTS) is 1. The smallest absolute Gasteiger partial charge is 0.315 e. The molecule has 104 valence electrons. The van der Waals surface area contributed by atoms with Crippen molar-refractivity contribution in [3.05, 3.63) is 0 Å². The first-order valence-electron chi connectivity index (χ1n) is 6.80. The van der Waals surface area contributed by atoms with Crippen molar-refractivity contribution in [3.8, 4) is 0 Å². The average molecular weight is 256 g/mol. The van der Waals surface area contributed by atoms with Gasteiger partial charge in [0.15, 0.2) is 0 Å². The van der Waals surface area contributed by atoms with Crippen molar-refractivity contribution in [2.45, 2.75) is 52.0 Å². The zero-order valence-corrected chi connectivity index (χ0v) is 11.2. The van der Waals surface area contributed by atoms with Crippen molar-refractivity contribution in [1.29, 1.82) is 0 Å². The Morgan fingerprint density at radius 3 is 2.67 bits per heavy atom. The number of carboxylic acids is 1. The molecule has 1 saturated carbocycles. The van der Waals surface area contributed by atoms with Crippen molar-refractivity contribution >= 4 is 12.0 Å². The number of amides is 2. The molecular weight excluding hydrogens is 232 g/mol. The predicted octanol–water partition coefficient (Wildman–Crippen LogP) is 1.98. The van der Waals surface area contributed by atoms with Crippen LogP contribution in [0.1, 0.15) is 46.0 Å². The Labute approximate surface area is 108 Å². The van der Waals surface area contributed by atoms with E-state index in [1.165, 1.54) is 6.42 Å². The van der Waals surface area contributed by atoms with E-state index >= 15 is 0 Å². The second kappa shape index (κ2) is 7.24. The van der Waals surface area contributed by atoms with Crippen LogP contribution in [-0.2, 0) is 4.79 Å². The Hall–Kier alpha value is -1.26. The van der Waals surface area contributed by atoms with Gasteiger partial charge in [-0.3, -0.25) is 4.79 Å². The summed E-state index contributed by atoms with van der Waals surface area (Å²) in [6.07, 6.45) is 4.95. The van der Waals surface area contributed by atoms with Crippen molar-refractivity contribution in [3.63, 3.8) is 0 Å². The normalized spacial score (nSPS) is 25.2. The first kappa shape index (κ1) is 14.8. The van der Waals surface area contributed by atoms with E-state index < -0.39 is 11.9 Å². The van der Waals surface area contributed by atoms with Crippen molar-refractivity contribution in [1.82, 2.24) is 10.6 Å². The number of aliphatic carboxylic acids is 1. The minimum Gasteiger partial charge on any atom is -0.481 e. The van der Waals surface area contributed by atoms with Crippen LogP contribution in [0.2, 0.25) is 0 Å². The number of carbonyl (C=O) groups excluding carboxylic acids is 1. The number of urea groups is 1. The number of carbonyl (C=O) groups is 2. The summed E-state index contributed by atoms with van der Waals surface area (Å²) in [5, 5.41) is 14.4. The monoisotopic (exact) mass is 256 g/mol. The molecule has 3 unspecified atom stereocenters. The summed E-state index contributed by atoms with van der Waals surface area (Å²) in [6, 6.07) is -0.00699. The summed E-state index contributed by atoms with van der Waals surface area (Å²) in [4.78, 5) is 22.5. The summed E-state index contributed by atoms with van der Waals surface area (Å²) < 4.78 is 0. The molecule has 2 amide bonds. The molecule has 0 spiro atoms. The number of hydrogen-bond donors (Lipinski definition) is 3. The minimum atomic E-state index is -0.857. The first-order valence-corrected chi connectivity index (χ1v) is 6.80. The molecule has 3 N–H and O–H groups in total.